The van der Waals surface area contributed by atoms with E-state index in [2.05, 4.69) is 5.10 Å². The van der Waals surface area contributed by atoms with Crippen molar-refractivity contribution in [2.24, 2.45) is 5.10 Å². The number of nitrogens with zero attached hydrogens (tertiary/aromatic N) is 2. The SMILES string of the molecule is O=C(CCl)N1N=C(c2ccc(F)cc2)CC1c1ccco1. The van der Waals surface area contributed by atoms with Crippen LogP contribution in [0.15, 0.2) is 52.2 Å². The molecule has 21 heavy (non-hydrogen) atoms. The molecule has 1 aromatic carbocycles. The first kappa shape index (κ1) is 13.8. The summed E-state index contributed by atoms with van der Waals surface area (Å²) in [6.07, 6.45) is 2.05. The van der Waals surface area contributed by atoms with Gasteiger partial charge in [-0.25, -0.2) is 9.40 Å². The molecule has 1 amide bonds. The first-order valence-electron chi connectivity index (χ1n) is 6.44. The lowest BCUT2D eigenvalue weighted by molar-refractivity contribution is -0.130. The summed E-state index contributed by atoms with van der Waals surface area (Å²) >= 11 is 5.63. The molecule has 0 bridgehead atoms. The van der Waals surface area contributed by atoms with Crippen LogP contribution in [0.25, 0.3) is 0 Å². The molecule has 0 N–H and O–H groups in total. The molecule has 1 aliphatic rings. The minimum absolute atomic E-state index is 0.155. The predicted octanol–water partition coefficient (Wildman–Crippen LogP) is 3.34. The molecule has 0 radical (unpaired) electrons. The van der Waals surface area contributed by atoms with E-state index in [0.29, 0.717) is 17.9 Å². The van der Waals surface area contributed by atoms with Gasteiger partial charge in [0.1, 0.15) is 23.5 Å². The molecule has 0 fully saturated rings. The molecule has 1 atom stereocenters. The third-order valence-corrected chi connectivity index (χ3v) is 3.56. The van der Waals surface area contributed by atoms with Crippen molar-refractivity contribution in [1.82, 2.24) is 5.01 Å². The molecule has 1 unspecified atom stereocenters. The average Bonchev–Trinajstić information content (AvgIpc) is 3.16. The maximum atomic E-state index is 13.0. The van der Waals surface area contributed by atoms with E-state index in [0.717, 1.165) is 5.56 Å². The summed E-state index contributed by atoms with van der Waals surface area (Å²) in [5, 5.41) is 5.67. The van der Waals surface area contributed by atoms with E-state index in [1.165, 1.54) is 17.1 Å². The Labute approximate surface area is 125 Å². The van der Waals surface area contributed by atoms with Crippen molar-refractivity contribution in [2.75, 3.05) is 5.88 Å². The molecule has 1 aromatic heterocycles. The maximum absolute atomic E-state index is 13.0. The third-order valence-electron chi connectivity index (χ3n) is 3.33. The summed E-state index contributed by atoms with van der Waals surface area (Å²) in [4.78, 5) is 11.9. The van der Waals surface area contributed by atoms with Gasteiger partial charge in [0, 0.05) is 6.42 Å². The summed E-state index contributed by atoms with van der Waals surface area (Å²) in [6, 6.07) is 9.25. The van der Waals surface area contributed by atoms with Crippen LogP contribution < -0.4 is 0 Å². The smallest absolute Gasteiger partial charge is 0.258 e. The van der Waals surface area contributed by atoms with Gasteiger partial charge in [0.15, 0.2) is 0 Å². The van der Waals surface area contributed by atoms with Crippen LogP contribution in [0.5, 0.6) is 0 Å². The fourth-order valence-electron chi connectivity index (χ4n) is 2.32. The number of hydrogen-bond acceptors (Lipinski definition) is 3. The summed E-state index contributed by atoms with van der Waals surface area (Å²) in [5.41, 5.74) is 1.48. The molecule has 0 saturated carbocycles. The second-order valence-corrected chi connectivity index (χ2v) is 4.93. The number of halogens is 2. The van der Waals surface area contributed by atoms with E-state index in [1.807, 2.05) is 0 Å². The maximum Gasteiger partial charge on any atom is 0.258 e. The van der Waals surface area contributed by atoms with Crippen molar-refractivity contribution >= 4 is 23.2 Å². The molecule has 0 spiro atoms. The van der Waals surface area contributed by atoms with E-state index >= 15 is 0 Å². The number of alkyl halides is 1. The zero-order valence-electron chi connectivity index (χ0n) is 11.0. The van der Waals surface area contributed by atoms with Gasteiger partial charge in [0.05, 0.1) is 12.0 Å². The number of carbonyl (C=O) groups is 1. The van der Waals surface area contributed by atoms with Gasteiger partial charge in [-0.2, -0.15) is 5.10 Å². The summed E-state index contributed by atoms with van der Waals surface area (Å²) in [5.74, 6) is -0.115. The van der Waals surface area contributed by atoms with Crippen molar-refractivity contribution in [3.63, 3.8) is 0 Å². The monoisotopic (exact) mass is 306 g/mol. The zero-order chi connectivity index (χ0) is 14.8. The average molecular weight is 307 g/mol. The molecule has 2 heterocycles. The molecular formula is C15H12ClFN2O2. The highest BCUT2D eigenvalue weighted by Gasteiger charge is 2.34. The molecule has 0 aliphatic carbocycles. The van der Waals surface area contributed by atoms with Gasteiger partial charge in [-0.15, -0.1) is 11.6 Å². The Balaban J connectivity index is 1.93. The number of carbonyl (C=O) groups excluding carboxylic acids is 1. The van der Waals surface area contributed by atoms with Crippen molar-refractivity contribution in [3.8, 4) is 0 Å². The van der Waals surface area contributed by atoms with Crippen molar-refractivity contribution in [1.29, 1.82) is 0 Å². The minimum Gasteiger partial charge on any atom is -0.467 e. The van der Waals surface area contributed by atoms with E-state index in [9.17, 15) is 9.18 Å². The Morgan fingerprint density at radius 1 is 1.38 bits per heavy atom. The first-order chi connectivity index (χ1) is 10.2. The van der Waals surface area contributed by atoms with Crippen LogP contribution in [0.4, 0.5) is 4.39 Å². The second kappa shape index (κ2) is 5.69. The fraction of sp³-hybridized carbons (Fsp3) is 0.200. The van der Waals surface area contributed by atoms with Crippen molar-refractivity contribution in [2.45, 2.75) is 12.5 Å². The van der Waals surface area contributed by atoms with Gasteiger partial charge in [0.25, 0.3) is 5.91 Å². The number of hydrogen-bond donors (Lipinski definition) is 0. The van der Waals surface area contributed by atoms with Gasteiger partial charge in [-0.05, 0) is 29.8 Å². The Morgan fingerprint density at radius 3 is 2.76 bits per heavy atom. The van der Waals surface area contributed by atoms with Crippen LogP contribution in [0.3, 0.4) is 0 Å². The van der Waals surface area contributed by atoms with Gasteiger partial charge in [-0.3, -0.25) is 4.79 Å². The van der Waals surface area contributed by atoms with Gasteiger partial charge >= 0.3 is 0 Å². The molecule has 6 heteroatoms. The number of amides is 1. The highest BCUT2D eigenvalue weighted by Crippen LogP contribution is 2.33. The van der Waals surface area contributed by atoms with Gasteiger partial charge < -0.3 is 4.42 Å². The van der Waals surface area contributed by atoms with Crippen LogP contribution >= 0.6 is 11.6 Å². The third kappa shape index (κ3) is 2.69. The van der Waals surface area contributed by atoms with Crippen molar-refractivity contribution in [3.05, 3.63) is 59.8 Å². The number of hydrazone groups is 1. The molecule has 108 valence electrons. The molecular weight excluding hydrogens is 295 g/mol. The molecule has 1 aliphatic heterocycles. The van der Waals surface area contributed by atoms with E-state index in [1.54, 1.807) is 30.5 Å². The lowest BCUT2D eigenvalue weighted by Gasteiger charge is -2.18. The molecule has 2 aromatic rings. The van der Waals surface area contributed by atoms with Crippen molar-refractivity contribution < 1.29 is 13.6 Å². The largest absolute Gasteiger partial charge is 0.467 e. The highest BCUT2D eigenvalue weighted by atomic mass is 35.5. The summed E-state index contributed by atoms with van der Waals surface area (Å²) in [7, 11) is 0. The summed E-state index contributed by atoms with van der Waals surface area (Å²) < 4.78 is 18.4. The number of rotatable bonds is 3. The minimum atomic E-state index is -0.314. The Hall–Kier alpha value is -2.14. The fourth-order valence-corrected chi connectivity index (χ4v) is 2.44. The topological polar surface area (TPSA) is 45.8 Å². The number of benzene rings is 1. The van der Waals surface area contributed by atoms with Crippen LogP contribution in [-0.2, 0) is 4.79 Å². The first-order valence-corrected chi connectivity index (χ1v) is 6.97. The van der Waals surface area contributed by atoms with Crippen LogP contribution in [-0.4, -0.2) is 22.5 Å². The zero-order valence-corrected chi connectivity index (χ0v) is 11.8. The second-order valence-electron chi connectivity index (χ2n) is 4.66. The molecule has 0 saturated heterocycles. The van der Waals surface area contributed by atoms with Crippen LogP contribution in [0.1, 0.15) is 23.8 Å². The Kier molecular flexibility index (Phi) is 3.75. The predicted molar refractivity (Wildman–Crippen MR) is 76.6 cm³/mol. The standard InChI is InChI=1S/C15H12ClFN2O2/c16-9-15(20)19-13(14-2-1-7-21-14)8-12(18-19)10-3-5-11(17)6-4-10/h1-7,13H,8-9H2. The molecule has 3 rings (SSSR count). The lowest BCUT2D eigenvalue weighted by Crippen LogP contribution is -2.27. The van der Waals surface area contributed by atoms with E-state index in [-0.39, 0.29) is 23.6 Å². The Morgan fingerprint density at radius 2 is 2.14 bits per heavy atom. The lowest BCUT2D eigenvalue weighted by atomic mass is 10.0. The number of furan rings is 1. The Bertz CT molecular complexity index is 667. The van der Waals surface area contributed by atoms with E-state index in [4.69, 9.17) is 16.0 Å². The van der Waals surface area contributed by atoms with Crippen LogP contribution in [0, 0.1) is 5.82 Å². The molecule has 4 nitrogen and oxygen atoms in total. The van der Waals surface area contributed by atoms with Gasteiger partial charge in [0.2, 0.25) is 0 Å². The highest BCUT2D eigenvalue weighted by molar-refractivity contribution is 6.27. The van der Waals surface area contributed by atoms with Gasteiger partial charge in [-0.1, -0.05) is 12.1 Å². The normalized spacial score (nSPS) is 17.9. The summed E-state index contributed by atoms with van der Waals surface area (Å²) in [6.45, 7) is 0. The quantitative estimate of drug-likeness (QED) is 0.817. The van der Waals surface area contributed by atoms with E-state index < -0.39 is 0 Å². The van der Waals surface area contributed by atoms with Crippen LogP contribution in [0.2, 0.25) is 0 Å².